The summed E-state index contributed by atoms with van der Waals surface area (Å²) in [5.74, 6) is 0. The second-order valence-corrected chi connectivity index (χ2v) is 17.0. The normalized spacial score (nSPS) is 12.1. The third-order valence-corrected chi connectivity index (χ3v) is 15.4. The van der Waals surface area contributed by atoms with Crippen molar-refractivity contribution in [2.45, 2.75) is 36.5 Å². The van der Waals surface area contributed by atoms with Crippen molar-refractivity contribution >= 4 is 11.5 Å². The van der Waals surface area contributed by atoms with E-state index in [1.807, 2.05) is 0 Å². The van der Waals surface area contributed by atoms with Gasteiger partial charge in [-0.05, 0) is 0 Å². The fourth-order valence-electron chi connectivity index (χ4n) is 0.750. The van der Waals surface area contributed by atoms with Crippen LogP contribution in [0.4, 0.5) is 0 Å². The average molecular weight is 219 g/mol. The molecule has 0 aromatic heterocycles. The van der Waals surface area contributed by atoms with E-state index in [1.165, 1.54) is 15.8 Å². The van der Waals surface area contributed by atoms with Crippen LogP contribution < -0.4 is 0 Å². The Kier molecular flexibility index (Phi) is 4.48. The summed E-state index contributed by atoms with van der Waals surface area (Å²) >= 11 is 3.32. The van der Waals surface area contributed by atoms with Crippen molar-refractivity contribution < 1.29 is 13.8 Å². The van der Waals surface area contributed by atoms with Crippen molar-refractivity contribution in [3.63, 3.8) is 0 Å². The van der Waals surface area contributed by atoms with E-state index in [-0.39, 0.29) is 0 Å². The predicted molar refractivity (Wildman–Crippen MR) is 37.2 cm³/mol. The molecule has 0 aliphatic heterocycles. The van der Waals surface area contributed by atoms with Gasteiger partial charge in [0.1, 0.15) is 0 Å². The van der Waals surface area contributed by atoms with Crippen LogP contribution in [-0.2, 0) is 13.8 Å². The first-order valence-corrected chi connectivity index (χ1v) is 11.2. The Labute approximate surface area is 61.9 Å². The molecule has 0 fully saturated rings. The van der Waals surface area contributed by atoms with Gasteiger partial charge in [-0.25, -0.2) is 0 Å². The summed E-state index contributed by atoms with van der Waals surface area (Å²) in [6.45, 7) is 6.83. The van der Waals surface area contributed by atoms with Gasteiger partial charge < -0.3 is 0 Å². The molecule has 0 aliphatic carbocycles. The van der Waals surface area contributed by atoms with E-state index in [2.05, 4.69) is 20.8 Å². The molecule has 0 radical (unpaired) electrons. The van der Waals surface area contributed by atoms with E-state index in [0.717, 1.165) is 0 Å². The maximum atomic E-state index is 4.76. The number of hydrogen-bond acceptors (Lipinski definition) is 0. The summed E-state index contributed by atoms with van der Waals surface area (Å²) < 4.78 is 0. The van der Waals surface area contributed by atoms with Crippen molar-refractivity contribution in [3.05, 3.63) is 0 Å². The van der Waals surface area contributed by atoms with Crippen LogP contribution in [0.1, 0.15) is 20.8 Å². The molecular weight excluding hydrogens is 204 g/mol. The molecule has 0 saturated carbocycles. The Hall–Kier alpha value is 1.05. The van der Waals surface area contributed by atoms with Gasteiger partial charge in [0.2, 0.25) is 0 Å². The van der Waals surface area contributed by atoms with Crippen molar-refractivity contribution in [2.75, 3.05) is 0 Å². The topological polar surface area (TPSA) is 0 Å². The molecule has 52 valence electrons. The van der Waals surface area contributed by atoms with Crippen molar-refractivity contribution in [1.29, 1.82) is 0 Å². The standard InChI is InChI=1S/C6H15Ge.Co/c1-4-7(5-2)6-3;/h4-6H2,1-3H3;. The molecule has 0 aromatic carbocycles. The molecule has 8 heavy (non-hydrogen) atoms. The van der Waals surface area contributed by atoms with Gasteiger partial charge in [0.15, 0.2) is 0 Å². The SMILES string of the molecule is C[CH2][Ge]([Co])([CH2]C)[CH2]C. The quantitative estimate of drug-likeness (QED) is 0.639. The van der Waals surface area contributed by atoms with Crippen molar-refractivity contribution in [2.24, 2.45) is 0 Å². The van der Waals surface area contributed by atoms with Gasteiger partial charge in [-0.3, -0.25) is 0 Å². The molecule has 0 nitrogen and oxygen atoms in total. The fraction of sp³-hybridized carbons (Fsp3) is 1.00. The van der Waals surface area contributed by atoms with Crippen LogP contribution >= 0.6 is 0 Å². The Morgan fingerprint density at radius 1 is 1.00 bits per heavy atom. The molecule has 0 rings (SSSR count). The van der Waals surface area contributed by atoms with Gasteiger partial charge in [-0.2, -0.15) is 0 Å². The third kappa shape index (κ3) is 2.55. The monoisotopic (exact) mass is 220 g/mol. The molecule has 0 aliphatic rings. The number of rotatable bonds is 3. The second kappa shape index (κ2) is 3.96. The molecule has 2 heteroatoms. The van der Waals surface area contributed by atoms with Gasteiger partial charge in [-0.15, -0.1) is 0 Å². The summed E-state index contributed by atoms with van der Waals surface area (Å²) in [5.41, 5.74) is 0. The van der Waals surface area contributed by atoms with Crippen LogP contribution in [0.2, 0.25) is 15.8 Å². The van der Waals surface area contributed by atoms with Crippen LogP contribution in [-0.4, -0.2) is 11.5 Å². The van der Waals surface area contributed by atoms with Crippen LogP contribution in [0.25, 0.3) is 0 Å². The molecule has 0 N–H and O–H groups in total. The molecule has 0 spiro atoms. The Morgan fingerprint density at radius 2 is 1.25 bits per heavy atom. The summed E-state index contributed by atoms with van der Waals surface area (Å²) in [7, 11) is 0. The average Bonchev–Trinajstić information content (AvgIpc) is 1.87. The van der Waals surface area contributed by atoms with Crippen LogP contribution in [0.15, 0.2) is 0 Å². The van der Waals surface area contributed by atoms with Gasteiger partial charge in [0.25, 0.3) is 0 Å². The molecule has 0 bridgehead atoms. The molecule has 0 atom stereocenters. The van der Waals surface area contributed by atoms with E-state index < -0.39 is 11.5 Å². The zero-order chi connectivity index (χ0) is 6.62. The molecule has 0 heterocycles. The molecule has 0 aromatic rings. The molecular formula is C6H15CoGe. The summed E-state index contributed by atoms with van der Waals surface area (Å²) in [6, 6.07) is 0. The molecule has 0 saturated heterocycles. The first-order valence-electron chi connectivity index (χ1n) is 3.35. The van der Waals surface area contributed by atoms with Crippen LogP contribution in [0, 0.1) is 0 Å². The van der Waals surface area contributed by atoms with Gasteiger partial charge >= 0.3 is 61.8 Å². The van der Waals surface area contributed by atoms with Gasteiger partial charge in [-0.1, -0.05) is 0 Å². The van der Waals surface area contributed by atoms with Gasteiger partial charge in [0, 0.05) is 0 Å². The van der Waals surface area contributed by atoms with Crippen LogP contribution in [0.5, 0.6) is 0 Å². The third-order valence-electron chi connectivity index (χ3n) is 1.85. The van der Waals surface area contributed by atoms with Crippen molar-refractivity contribution in [3.8, 4) is 0 Å². The predicted octanol–water partition coefficient (Wildman–Crippen LogP) is 2.54. The minimum atomic E-state index is -1.44. The molecule has 0 amide bonds. The Morgan fingerprint density at radius 3 is 1.25 bits per heavy atom. The first-order chi connectivity index (χ1) is 3.68. The molecule has 0 unspecified atom stereocenters. The first kappa shape index (κ1) is 9.05. The number of hydrogen-bond donors (Lipinski definition) is 0. The summed E-state index contributed by atoms with van der Waals surface area (Å²) in [6.07, 6.45) is 0. The maximum absolute atomic E-state index is 4.76. The second-order valence-electron chi connectivity index (χ2n) is 2.16. The van der Waals surface area contributed by atoms with E-state index >= 15 is 0 Å². The van der Waals surface area contributed by atoms with Crippen LogP contribution in [0.3, 0.4) is 0 Å². The van der Waals surface area contributed by atoms with E-state index in [1.54, 1.807) is 0 Å². The zero-order valence-corrected chi connectivity index (χ0v) is 9.09. The fourth-order valence-corrected chi connectivity index (χ4v) is 3.90. The Balaban J connectivity index is 3.58. The summed E-state index contributed by atoms with van der Waals surface area (Å²) in [4.78, 5) is 0. The van der Waals surface area contributed by atoms with E-state index in [4.69, 9.17) is 13.8 Å². The summed E-state index contributed by atoms with van der Waals surface area (Å²) in [5, 5.41) is 4.10. The minimum absolute atomic E-state index is 1.37. The van der Waals surface area contributed by atoms with E-state index in [9.17, 15) is 0 Å². The van der Waals surface area contributed by atoms with E-state index in [0.29, 0.717) is 0 Å². The van der Waals surface area contributed by atoms with Crippen molar-refractivity contribution in [1.82, 2.24) is 0 Å². The van der Waals surface area contributed by atoms with Gasteiger partial charge in [0.05, 0.1) is 0 Å². The zero-order valence-electron chi connectivity index (χ0n) is 5.95. The Bertz CT molecular complexity index is 51.3.